The first kappa shape index (κ1) is 17.8. The van der Waals surface area contributed by atoms with Gasteiger partial charge in [-0.3, -0.25) is 14.5 Å². The molecule has 4 amide bonds. The van der Waals surface area contributed by atoms with Gasteiger partial charge in [0.15, 0.2) is 0 Å². The lowest BCUT2D eigenvalue weighted by atomic mass is 9.63. The molecule has 2 fully saturated rings. The molecule has 1 aromatic carbocycles. The summed E-state index contributed by atoms with van der Waals surface area (Å²) < 4.78 is 0. The van der Waals surface area contributed by atoms with Crippen molar-refractivity contribution in [1.29, 1.82) is 0 Å². The van der Waals surface area contributed by atoms with Crippen LogP contribution in [-0.4, -0.2) is 28.9 Å². The van der Waals surface area contributed by atoms with E-state index < -0.39 is 12.2 Å². The number of amides is 4. The van der Waals surface area contributed by atoms with Crippen LogP contribution < -0.4 is 10.6 Å². The Hall–Kier alpha value is -2.63. The number of urea groups is 1. The van der Waals surface area contributed by atoms with Crippen LogP contribution in [0.25, 0.3) is 0 Å². The van der Waals surface area contributed by atoms with E-state index in [-0.39, 0.29) is 35.5 Å². The normalized spacial score (nSPS) is 29.7. The number of fused-ring (bicyclic) bond motifs is 1. The third kappa shape index (κ3) is 2.83. The molecule has 2 bridgehead atoms. The van der Waals surface area contributed by atoms with Crippen molar-refractivity contribution < 1.29 is 14.4 Å². The number of carbonyl (C=O) groups excluding carboxylic acids is 3. The molecular formula is C21H25N3O3. The van der Waals surface area contributed by atoms with Gasteiger partial charge in [-0.05, 0) is 56.6 Å². The molecule has 0 radical (unpaired) electrons. The standard InChI is InChI=1S/C21H25N3O3/c1-11-5-4-6-12(2)18(11)23-21(27)22-13(3)24-19(25)16-14-7-8-15(10-9-14)17(16)20(24)26/h4-8,13-17H,9-10H2,1-3H3,(H2,22,23,27)/t13-,14+,15+,16-,17+/m1/s1. The van der Waals surface area contributed by atoms with Crippen molar-refractivity contribution in [3.05, 3.63) is 41.5 Å². The van der Waals surface area contributed by atoms with Gasteiger partial charge < -0.3 is 10.6 Å². The maximum atomic E-state index is 12.9. The Balaban J connectivity index is 1.47. The van der Waals surface area contributed by atoms with E-state index >= 15 is 0 Å². The van der Waals surface area contributed by atoms with Gasteiger partial charge in [-0.2, -0.15) is 0 Å². The minimum absolute atomic E-state index is 0.149. The van der Waals surface area contributed by atoms with Crippen molar-refractivity contribution in [1.82, 2.24) is 10.2 Å². The molecule has 5 rings (SSSR count). The van der Waals surface area contributed by atoms with Crippen molar-refractivity contribution in [3.8, 4) is 0 Å². The minimum atomic E-state index is -0.681. The number of hydrogen-bond donors (Lipinski definition) is 2. The average Bonchev–Trinajstić information content (AvgIpc) is 2.92. The highest BCUT2D eigenvalue weighted by Gasteiger charge is 2.57. The smallest absolute Gasteiger partial charge is 0.317 e. The molecule has 4 aliphatic rings. The monoisotopic (exact) mass is 367 g/mol. The molecule has 6 heteroatoms. The summed E-state index contributed by atoms with van der Waals surface area (Å²) in [5, 5.41) is 5.60. The van der Waals surface area contributed by atoms with Crippen LogP contribution in [0.3, 0.4) is 0 Å². The molecule has 27 heavy (non-hydrogen) atoms. The second kappa shape index (κ2) is 6.51. The summed E-state index contributed by atoms with van der Waals surface area (Å²) in [5.41, 5.74) is 2.66. The second-order valence-corrected chi connectivity index (χ2v) is 7.93. The van der Waals surface area contributed by atoms with Gasteiger partial charge in [-0.1, -0.05) is 30.4 Å². The number of carbonyl (C=O) groups is 3. The number of aryl methyl sites for hydroxylation is 2. The molecule has 1 saturated heterocycles. The van der Waals surface area contributed by atoms with Gasteiger partial charge in [-0.15, -0.1) is 0 Å². The van der Waals surface area contributed by atoms with E-state index in [1.807, 2.05) is 32.0 Å². The molecule has 1 heterocycles. The van der Waals surface area contributed by atoms with E-state index in [0.717, 1.165) is 29.7 Å². The first-order valence-corrected chi connectivity index (χ1v) is 9.57. The van der Waals surface area contributed by atoms with Crippen molar-refractivity contribution in [3.63, 3.8) is 0 Å². The number of rotatable bonds is 3. The number of anilines is 1. The Kier molecular flexibility index (Phi) is 4.29. The van der Waals surface area contributed by atoms with Gasteiger partial charge in [0.05, 0.1) is 11.8 Å². The summed E-state index contributed by atoms with van der Waals surface area (Å²) in [7, 11) is 0. The zero-order valence-corrected chi connectivity index (χ0v) is 15.9. The molecule has 0 unspecified atom stereocenters. The van der Waals surface area contributed by atoms with Crippen LogP contribution in [0.1, 0.15) is 30.9 Å². The molecule has 1 saturated carbocycles. The zero-order chi connectivity index (χ0) is 19.3. The molecule has 6 nitrogen and oxygen atoms in total. The van der Waals surface area contributed by atoms with Gasteiger partial charge in [0, 0.05) is 5.69 Å². The molecule has 5 atom stereocenters. The van der Waals surface area contributed by atoms with Crippen molar-refractivity contribution in [2.24, 2.45) is 23.7 Å². The fourth-order valence-corrected chi connectivity index (χ4v) is 4.89. The average molecular weight is 367 g/mol. The summed E-state index contributed by atoms with van der Waals surface area (Å²) in [6.45, 7) is 5.53. The van der Waals surface area contributed by atoms with E-state index in [2.05, 4.69) is 22.8 Å². The third-order valence-corrected chi connectivity index (χ3v) is 6.24. The third-order valence-electron chi connectivity index (χ3n) is 6.24. The van der Waals surface area contributed by atoms with Crippen molar-refractivity contribution >= 4 is 23.5 Å². The Labute approximate surface area is 159 Å². The number of imide groups is 1. The number of para-hydroxylation sites is 1. The minimum Gasteiger partial charge on any atom is -0.317 e. The van der Waals surface area contributed by atoms with Gasteiger partial charge in [0.1, 0.15) is 6.17 Å². The van der Waals surface area contributed by atoms with E-state index in [1.54, 1.807) is 6.92 Å². The van der Waals surface area contributed by atoms with Crippen LogP contribution in [0.4, 0.5) is 10.5 Å². The SMILES string of the molecule is Cc1cccc(C)c1NC(=O)N[C@@H](C)N1C(=O)[C@@H]2[C@H](C1=O)[C@H]1C=C[C@H]2CC1. The van der Waals surface area contributed by atoms with Crippen molar-refractivity contribution in [2.45, 2.75) is 39.8 Å². The fraction of sp³-hybridized carbons (Fsp3) is 0.476. The molecule has 0 aromatic heterocycles. The molecule has 1 aromatic rings. The van der Waals surface area contributed by atoms with Gasteiger partial charge in [0.25, 0.3) is 0 Å². The second-order valence-electron chi connectivity index (χ2n) is 7.93. The lowest BCUT2D eigenvalue weighted by Crippen LogP contribution is -2.50. The summed E-state index contributed by atoms with van der Waals surface area (Å²) in [5.74, 6) is -0.513. The number of allylic oxidation sites excluding steroid dienone is 2. The lowest BCUT2D eigenvalue weighted by molar-refractivity contribution is -0.142. The molecule has 3 aliphatic carbocycles. The highest BCUT2D eigenvalue weighted by molar-refractivity contribution is 6.06. The largest absolute Gasteiger partial charge is 0.320 e. The summed E-state index contributed by atoms with van der Waals surface area (Å²) in [6, 6.07) is 5.36. The number of nitrogens with zero attached hydrogens (tertiary/aromatic N) is 1. The van der Waals surface area contributed by atoms with Crippen LogP contribution in [0.5, 0.6) is 0 Å². The summed E-state index contributed by atoms with van der Waals surface area (Å²) in [6.07, 6.45) is 5.43. The Bertz CT molecular complexity index is 795. The topological polar surface area (TPSA) is 78.5 Å². The first-order chi connectivity index (χ1) is 12.9. The van der Waals surface area contributed by atoms with Crippen LogP contribution >= 0.6 is 0 Å². The fourth-order valence-electron chi connectivity index (χ4n) is 4.89. The molecular weight excluding hydrogens is 342 g/mol. The molecule has 142 valence electrons. The highest BCUT2D eigenvalue weighted by atomic mass is 16.2. The summed E-state index contributed by atoms with van der Waals surface area (Å²) in [4.78, 5) is 39.6. The maximum Gasteiger partial charge on any atom is 0.320 e. The zero-order valence-electron chi connectivity index (χ0n) is 15.9. The van der Waals surface area contributed by atoms with Gasteiger partial charge >= 0.3 is 6.03 Å². The van der Waals surface area contributed by atoms with E-state index in [1.165, 1.54) is 4.90 Å². The van der Waals surface area contributed by atoms with Crippen molar-refractivity contribution in [2.75, 3.05) is 5.32 Å². The van der Waals surface area contributed by atoms with Gasteiger partial charge in [-0.25, -0.2) is 4.79 Å². The number of nitrogens with one attached hydrogen (secondary N) is 2. The van der Waals surface area contributed by atoms with Crippen LogP contribution in [0.15, 0.2) is 30.4 Å². The quantitative estimate of drug-likeness (QED) is 0.637. The molecule has 1 aliphatic heterocycles. The molecule has 0 spiro atoms. The molecule has 2 N–H and O–H groups in total. The Morgan fingerprint density at radius 3 is 2.04 bits per heavy atom. The van der Waals surface area contributed by atoms with Crippen LogP contribution in [0, 0.1) is 37.5 Å². The number of likely N-dealkylation sites (tertiary alicyclic amines) is 1. The van der Waals surface area contributed by atoms with E-state index in [9.17, 15) is 14.4 Å². The van der Waals surface area contributed by atoms with E-state index in [0.29, 0.717) is 0 Å². The lowest BCUT2D eigenvalue weighted by Gasteiger charge is -2.38. The predicted molar refractivity (Wildman–Crippen MR) is 102 cm³/mol. The maximum absolute atomic E-state index is 12.9. The van der Waals surface area contributed by atoms with Crippen LogP contribution in [-0.2, 0) is 9.59 Å². The van der Waals surface area contributed by atoms with Crippen LogP contribution in [0.2, 0.25) is 0 Å². The predicted octanol–water partition coefficient (Wildman–Crippen LogP) is 2.97. The Morgan fingerprint density at radius 1 is 1.04 bits per heavy atom. The van der Waals surface area contributed by atoms with E-state index in [4.69, 9.17) is 0 Å². The number of benzene rings is 1. The first-order valence-electron chi connectivity index (χ1n) is 9.57. The number of hydrogen-bond acceptors (Lipinski definition) is 3. The highest BCUT2D eigenvalue weighted by Crippen LogP contribution is 2.49. The Morgan fingerprint density at radius 2 is 1.56 bits per heavy atom. The van der Waals surface area contributed by atoms with Gasteiger partial charge in [0.2, 0.25) is 11.8 Å². The summed E-state index contributed by atoms with van der Waals surface area (Å²) >= 11 is 0.